The molecule has 36 heavy (non-hydrogen) atoms. The number of pyridine rings is 2. The van der Waals surface area contributed by atoms with Gasteiger partial charge in [0.05, 0.1) is 23.5 Å². The summed E-state index contributed by atoms with van der Waals surface area (Å²) in [6, 6.07) is 1.85. The molecule has 2 aromatic rings. The largest absolute Gasteiger partial charge is 0.478 e. The van der Waals surface area contributed by atoms with Crippen LogP contribution in [0.4, 0.5) is 13.6 Å². The van der Waals surface area contributed by atoms with Gasteiger partial charge in [0.2, 0.25) is 0 Å². The van der Waals surface area contributed by atoms with Crippen molar-refractivity contribution in [3.05, 3.63) is 57.6 Å². The van der Waals surface area contributed by atoms with Gasteiger partial charge in [0.1, 0.15) is 27.5 Å². The molecule has 196 valence electrons. The second-order valence-corrected chi connectivity index (χ2v) is 9.67. The van der Waals surface area contributed by atoms with Gasteiger partial charge in [-0.3, -0.25) is 4.79 Å². The van der Waals surface area contributed by atoms with E-state index in [1.807, 2.05) is 20.8 Å². The predicted octanol–water partition coefficient (Wildman–Crippen LogP) is 5.01. The van der Waals surface area contributed by atoms with E-state index in [0.717, 1.165) is 37.4 Å². The van der Waals surface area contributed by atoms with Crippen molar-refractivity contribution in [1.29, 1.82) is 0 Å². The van der Waals surface area contributed by atoms with Gasteiger partial charge < -0.3 is 20.5 Å². The number of carbonyl (C=O) groups excluding carboxylic acids is 2. The van der Waals surface area contributed by atoms with Gasteiger partial charge in [-0.1, -0.05) is 23.2 Å². The van der Waals surface area contributed by atoms with Crippen molar-refractivity contribution in [2.24, 2.45) is 0 Å². The van der Waals surface area contributed by atoms with E-state index in [1.54, 1.807) is 0 Å². The van der Waals surface area contributed by atoms with E-state index >= 15 is 0 Å². The molecule has 3 N–H and O–H groups in total. The molecule has 3 rings (SSSR count). The summed E-state index contributed by atoms with van der Waals surface area (Å²) in [5.74, 6) is -3.06. The lowest BCUT2D eigenvalue weighted by Crippen LogP contribution is -2.45. The van der Waals surface area contributed by atoms with E-state index in [2.05, 4.69) is 20.6 Å². The SMILES string of the molecule is CC(C)(C)OC(=O)NC1CCC(NC(=O)c2cc(F)cnc2Cl)CC1.O=C(O)c1cc(F)cnc1Cl. The molecule has 1 fully saturated rings. The molecule has 0 bridgehead atoms. The number of nitrogens with zero attached hydrogens (tertiary/aromatic N) is 2. The fourth-order valence-corrected chi connectivity index (χ4v) is 3.65. The fraction of sp³-hybridized carbons (Fsp3) is 0.435. The van der Waals surface area contributed by atoms with Gasteiger partial charge in [-0.25, -0.2) is 28.3 Å². The van der Waals surface area contributed by atoms with Gasteiger partial charge in [0.15, 0.2) is 0 Å². The first kappa shape index (κ1) is 29.2. The Hall–Kier alpha value is -3.05. The van der Waals surface area contributed by atoms with Crippen LogP contribution in [0.2, 0.25) is 10.3 Å². The smallest absolute Gasteiger partial charge is 0.407 e. The molecule has 0 saturated heterocycles. The number of aromatic nitrogens is 2. The van der Waals surface area contributed by atoms with E-state index in [4.69, 9.17) is 33.0 Å². The third kappa shape index (κ3) is 9.54. The minimum Gasteiger partial charge on any atom is -0.478 e. The van der Waals surface area contributed by atoms with Gasteiger partial charge in [-0.05, 0) is 58.6 Å². The van der Waals surface area contributed by atoms with Crippen LogP contribution in [0.15, 0.2) is 24.5 Å². The van der Waals surface area contributed by atoms with Crippen LogP contribution in [0, 0.1) is 11.6 Å². The number of nitrogens with one attached hydrogen (secondary N) is 2. The van der Waals surface area contributed by atoms with Crippen molar-refractivity contribution >= 4 is 41.2 Å². The predicted molar refractivity (Wildman–Crippen MR) is 128 cm³/mol. The summed E-state index contributed by atoms with van der Waals surface area (Å²) in [4.78, 5) is 41.2. The molecule has 0 spiro atoms. The number of hydrogen-bond donors (Lipinski definition) is 3. The number of aromatic carboxylic acids is 1. The summed E-state index contributed by atoms with van der Waals surface area (Å²) in [6.45, 7) is 5.43. The number of rotatable bonds is 4. The van der Waals surface area contributed by atoms with Gasteiger partial charge in [-0.15, -0.1) is 0 Å². The lowest BCUT2D eigenvalue weighted by molar-refractivity contribution is 0.0487. The molecule has 13 heteroatoms. The van der Waals surface area contributed by atoms with Crippen LogP contribution in [-0.4, -0.2) is 50.7 Å². The van der Waals surface area contributed by atoms with Crippen LogP contribution < -0.4 is 10.6 Å². The molecule has 0 aromatic carbocycles. The third-order valence-corrected chi connectivity index (χ3v) is 5.47. The van der Waals surface area contributed by atoms with Crippen molar-refractivity contribution in [2.45, 2.75) is 64.1 Å². The average Bonchev–Trinajstić information content (AvgIpc) is 2.77. The maximum atomic E-state index is 13.2. The summed E-state index contributed by atoms with van der Waals surface area (Å²) in [6.07, 6.45) is 4.23. The van der Waals surface area contributed by atoms with E-state index < -0.39 is 35.2 Å². The minimum atomic E-state index is -1.29. The Kier molecular flexibility index (Phi) is 10.4. The molecule has 2 amide bonds. The molecule has 2 aromatic heterocycles. The number of hydrogen-bond acceptors (Lipinski definition) is 6. The standard InChI is InChI=1S/C17H23ClFN3O3.C6H3ClFNO2/c1-17(2,3)25-16(24)22-12-6-4-11(5-7-12)21-15(23)13-8-10(19)9-20-14(13)18;7-5-4(6(10)11)1-3(8)2-9-5/h8-9,11-12H,4-7H2,1-3H3,(H,21,23)(H,22,24);1-2H,(H,10,11). The highest BCUT2D eigenvalue weighted by Crippen LogP contribution is 2.21. The van der Waals surface area contributed by atoms with Crippen LogP contribution >= 0.6 is 23.2 Å². The highest BCUT2D eigenvalue weighted by molar-refractivity contribution is 6.32. The first-order chi connectivity index (χ1) is 16.7. The van der Waals surface area contributed by atoms with Crippen LogP contribution in [0.3, 0.4) is 0 Å². The van der Waals surface area contributed by atoms with E-state index in [1.165, 1.54) is 0 Å². The lowest BCUT2D eigenvalue weighted by Gasteiger charge is -2.30. The molecular weight excluding hydrogens is 521 g/mol. The van der Waals surface area contributed by atoms with Gasteiger partial charge in [-0.2, -0.15) is 0 Å². The van der Waals surface area contributed by atoms with Crippen LogP contribution in [0.5, 0.6) is 0 Å². The van der Waals surface area contributed by atoms with Gasteiger partial charge in [0, 0.05) is 12.1 Å². The lowest BCUT2D eigenvalue weighted by atomic mass is 9.91. The third-order valence-electron chi connectivity index (χ3n) is 4.87. The zero-order valence-electron chi connectivity index (χ0n) is 19.8. The van der Waals surface area contributed by atoms with Crippen LogP contribution in [0.25, 0.3) is 0 Å². The zero-order chi connectivity index (χ0) is 27.0. The zero-order valence-corrected chi connectivity index (χ0v) is 21.3. The molecule has 1 aliphatic carbocycles. The quantitative estimate of drug-likeness (QED) is 0.459. The molecule has 0 unspecified atom stereocenters. The fourth-order valence-electron chi connectivity index (χ4n) is 3.27. The highest BCUT2D eigenvalue weighted by atomic mass is 35.5. The Morgan fingerprint density at radius 2 is 1.36 bits per heavy atom. The number of amides is 2. The summed E-state index contributed by atoms with van der Waals surface area (Å²) < 4.78 is 30.8. The maximum Gasteiger partial charge on any atom is 0.407 e. The van der Waals surface area contributed by atoms with Crippen molar-refractivity contribution in [3.63, 3.8) is 0 Å². The monoisotopic (exact) mass is 546 g/mol. The van der Waals surface area contributed by atoms with E-state index in [0.29, 0.717) is 12.8 Å². The molecule has 1 saturated carbocycles. The topological polar surface area (TPSA) is 131 Å². The molecule has 0 aliphatic heterocycles. The van der Waals surface area contributed by atoms with E-state index in [-0.39, 0.29) is 33.5 Å². The summed E-state index contributed by atoms with van der Waals surface area (Å²) in [5.41, 5.74) is -0.838. The summed E-state index contributed by atoms with van der Waals surface area (Å²) in [5, 5.41) is 13.8. The summed E-state index contributed by atoms with van der Waals surface area (Å²) in [7, 11) is 0. The maximum absolute atomic E-state index is 13.2. The van der Waals surface area contributed by atoms with Gasteiger partial charge >= 0.3 is 12.1 Å². The molecule has 9 nitrogen and oxygen atoms in total. The Balaban J connectivity index is 0.000000346. The second-order valence-electron chi connectivity index (χ2n) is 8.96. The Labute approximate surface area is 216 Å². The van der Waals surface area contributed by atoms with E-state index in [9.17, 15) is 23.2 Å². The average molecular weight is 547 g/mol. The number of halogens is 4. The van der Waals surface area contributed by atoms with Crippen molar-refractivity contribution in [3.8, 4) is 0 Å². The number of carboxylic acid groups (broad SMARTS) is 1. The van der Waals surface area contributed by atoms with Gasteiger partial charge in [0.25, 0.3) is 5.91 Å². The number of ether oxygens (including phenoxy) is 1. The van der Waals surface area contributed by atoms with Crippen molar-refractivity contribution in [2.75, 3.05) is 0 Å². The summed E-state index contributed by atoms with van der Waals surface area (Å²) >= 11 is 11.2. The number of carboxylic acids is 1. The second kappa shape index (κ2) is 12.8. The number of alkyl carbamates (subject to hydrolysis) is 1. The van der Waals surface area contributed by atoms with Crippen LogP contribution in [-0.2, 0) is 4.74 Å². The molecule has 0 radical (unpaired) electrons. The molecule has 2 heterocycles. The first-order valence-corrected chi connectivity index (χ1v) is 11.7. The minimum absolute atomic E-state index is 0.0161. The normalized spacial score (nSPS) is 17.3. The van der Waals surface area contributed by atoms with Crippen molar-refractivity contribution < 1.29 is 33.0 Å². The Morgan fingerprint density at radius 3 is 1.81 bits per heavy atom. The molecule has 1 aliphatic rings. The van der Waals surface area contributed by atoms with Crippen LogP contribution in [0.1, 0.15) is 67.2 Å². The Bertz CT molecular complexity index is 1110. The number of carbonyl (C=O) groups is 3. The molecule has 0 atom stereocenters. The molecular formula is C23H26Cl2F2N4O5. The first-order valence-electron chi connectivity index (χ1n) is 10.9. The van der Waals surface area contributed by atoms with Crippen molar-refractivity contribution in [1.82, 2.24) is 20.6 Å². The Morgan fingerprint density at radius 1 is 0.917 bits per heavy atom. The highest BCUT2D eigenvalue weighted by Gasteiger charge is 2.26.